The third-order valence-electron chi connectivity index (χ3n) is 5.83. The monoisotopic (exact) mass is 573 g/mol. The summed E-state index contributed by atoms with van der Waals surface area (Å²) < 4.78 is 11.6. The first-order valence-corrected chi connectivity index (χ1v) is 13.4. The Morgan fingerprint density at radius 2 is 1.88 bits per heavy atom. The van der Waals surface area contributed by atoms with Gasteiger partial charge in [0.05, 0.1) is 37.3 Å². The van der Waals surface area contributed by atoms with Gasteiger partial charge in [-0.05, 0) is 36.1 Å². The molecule has 2 aromatic heterocycles. The molecule has 2 heterocycles. The second-order valence-electron chi connectivity index (χ2n) is 10.4. The van der Waals surface area contributed by atoms with Crippen molar-refractivity contribution in [2.45, 2.75) is 27.2 Å². The molecule has 0 unspecified atom stereocenters. The molecule has 0 aliphatic carbocycles. The minimum atomic E-state index is -0.363. The van der Waals surface area contributed by atoms with Crippen molar-refractivity contribution < 1.29 is 14.3 Å². The fraction of sp³-hybridized carbons (Fsp3) is 0.300. The molecule has 212 valence electrons. The Balaban J connectivity index is 1.42. The van der Waals surface area contributed by atoms with Crippen LogP contribution in [0.15, 0.2) is 55.1 Å². The lowest BCUT2D eigenvalue weighted by Crippen LogP contribution is -2.30. The maximum absolute atomic E-state index is 12.4. The Hall–Kier alpha value is -4.62. The van der Waals surface area contributed by atoms with Crippen molar-refractivity contribution in [2.75, 3.05) is 37.4 Å². The molecule has 0 saturated carbocycles. The van der Waals surface area contributed by atoms with Crippen LogP contribution in [0.25, 0.3) is 10.9 Å². The molecule has 0 aliphatic heterocycles. The number of fused-ring (bicyclic) bond motifs is 1. The zero-order chi connectivity index (χ0) is 29.4. The van der Waals surface area contributed by atoms with Crippen LogP contribution in [-0.2, 0) is 0 Å². The van der Waals surface area contributed by atoms with Gasteiger partial charge in [0.2, 0.25) is 5.95 Å². The predicted molar refractivity (Wildman–Crippen MR) is 161 cm³/mol. The van der Waals surface area contributed by atoms with Crippen LogP contribution in [0, 0.1) is 17.9 Å². The van der Waals surface area contributed by atoms with E-state index in [2.05, 4.69) is 57.4 Å². The fourth-order valence-corrected chi connectivity index (χ4v) is 4.22. The molecule has 11 heteroatoms. The second-order valence-corrected chi connectivity index (χ2v) is 10.9. The van der Waals surface area contributed by atoms with Gasteiger partial charge in [0, 0.05) is 41.2 Å². The Bertz CT molecular complexity index is 1550. The fourth-order valence-electron chi connectivity index (χ4n) is 4.03. The predicted octanol–water partition coefficient (Wildman–Crippen LogP) is 5.79. The lowest BCUT2D eigenvalue weighted by Gasteiger charge is -2.26. The van der Waals surface area contributed by atoms with Crippen molar-refractivity contribution >= 4 is 45.9 Å². The van der Waals surface area contributed by atoms with E-state index in [0.29, 0.717) is 45.7 Å². The molecular weight excluding hydrogens is 542 g/mol. The molecule has 0 aliphatic rings. The van der Waals surface area contributed by atoms with E-state index in [-0.39, 0.29) is 17.3 Å². The molecule has 0 bridgehead atoms. The van der Waals surface area contributed by atoms with Crippen molar-refractivity contribution in [3.63, 3.8) is 0 Å². The number of methoxy groups -OCH3 is 1. The second kappa shape index (κ2) is 13.2. The highest BCUT2D eigenvalue weighted by Gasteiger charge is 2.16. The summed E-state index contributed by atoms with van der Waals surface area (Å²) in [6.07, 6.45) is 11.0. The summed E-state index contributed by atoms with van der Waals surface area (Å²) in [7, 11) is 1.58. The van der Waals surface area contributed by atoms with Gasteiger partial charge in [0.25, 0.3) is 5.91 Å². The molecule has 4 rings (SSSR count). The first-order chi connectivity index (χ1) is 19.6. The van der Waals surface area contributed by atoms with Crippen molar-refractivity contribution in [2.24, 2.45) is 5.41 Å². The van der Waals surface area contributed by atoms with E-state index in [0.717, 1.165) is 24.9 Å². The smallest absolute Gasteiger partial charge is 0.258 e. The minimum absolute atomic E-state index is 0.113. The summed E-state index contributed by atoms with van der Waals surface area (Å²) in [5.41, 5.74) is 1.76. The largest absolute Gasteiger partial charge is 0.493 e. The number of ether oxygens (including phenoxy) is 2. The molecule has 0 atom stereocenters. The molecule has 41 heavy (non-hydrogen) atoms. The van der Waals surface area contributed by atoms with Gasteiger partial charge in [-0.1, -0.05) is 44.9 Å². The normalized spacial score (nSPS) is 11.0. The molecule has 2 aromatic carbocycles. The van der Waals surface area contributed by atoms with Gasteiger partial charge in [-0.2, -0.15) is 0 Å². The van der Waals surface area contributed by atoms with Crippen LogP contribution in [-0.4, -0.2) is 57.5 Å². The number of nitrogens with one attached hydrogen (secondary N) is 2. The van der Waals surface area contributed by atoms with Crippen LogP contribution >= 0.6 is 11.6 Å². The highest BCUT2D eigenvalue weighted by Crippen LogP contribution is 2.34. The first-order valence-electron chi connectivity index (χ1n) is 13.0. The SMILES string of the molecule is C#CN(CCCOc1cc2ncnc(Nc3cnc(NC(=O)c4cccc(Cl)c4)nc3)c2cc1OC)CC(C)(C)C. The summed E-state index contributed by atoms with van der Waals surface area (Å²) in [6.45, 7) is 8.48. The van der Waals surface area contributed by atoms with Crippen molar-refractivity contribution in [3.05, 3.63) is 65.7 Å². The van der Waals surface area contributed by atoms with Gasteiger partial charge in [-0.15, -0.1) is 0 Å². The minimum Gasteiger partial charge on any atom is -0.493 e. The van der Waals surface area contributed by atoms with Crippen molar-refractivity contribution in [1.82, 2.24) is 24.8 Å². The third-order valence-corrected chi connectivity index (χ3v) is 6.06. The molecule has 4 aromatic rings. The molecule has 10 nitrogen and oxygen atoms in total. The van der Waals surface area contributed by atoms with E-state index in [1.165, 1.54) is 6.33 Å². The molecule has 2 N–H and O–H groups in total. The molecule has 0 fully saturated rings. The van der Waals surface area contributed by atoms with E-state index in [1.807, 2.05) is 17.0 Å². The van der Waals surface area contributed by atoms with Crippen molar-refractivity contribution in [3.8, 4) is 24.0 Å². The number of anilines is 3. The number of amides is 1. The summed E-state index contributed by atoms with van der Waals surface area (Å²) in [6, 6.07) is 13.0. The Morgan fingerprint density at radius 3 is 2.56 bits per heavy atom. The summed E-state index contributed by atoms with van der Waals surface area (Å²) in [5.74, 6) is 1.45. The quantitative estimate of drug-likeness (QED) is 0.131. The topological polar surface area (TPSA) is 114 Å². The number of rotatable bonds is 11. The van der Waals surface area contributed by atoms with Gasteiger partial charge in [-0.3, -0.25) is 10.1 Å². The number of benzene rings is 2. The number of nitrogens with zero attached hydrogens (tertiary/aromatic N) is 5. The highest BCUT2D eigenvalue weighted by molar-refractivity contribution is 6.31. The van der Waals surface area contributed by atoms with Gasteiger partial charge < -0.3 is 19.7 Å². The van der Waals surface area contributed by atoms with E-state index in [9.17, 15) is 4.79 Å². The Kier molecular flexibility index (Phi) is 9.42. The van der Waals surface area contributed by atoms with Crippen LogP contribution in [0.4, 0.5) is 17.5 Å². The molecule has 1 amide bonds. The standard InChI is InChI=1S/C30H32ClN7O3/c1-6-38(18-30(2,3)4)11-8-12-41-26-15-24-23(14-25(26)40-5)27(35-19-34-24)36-22-16-32-29(33-17-22)37-28(39)20-9-7-10-21(31)13-20/h1,7,9-10,13-17,19H,8,11-12,18H2,2-5H3,(H,34,35,36)(H,32,33,37,39). The summed E-state index contributed by atoms with van der Waals surface area (Å²) >= 11 is 5.97. The Morgan fingerprint density at radius 1 is 1.10 bits per heavy atom. The van der Waals surface area contributed by atoms with Gasteiger partial charge >= 0.3 is 0 Å². The number of carbonyl (C=O) groups is 1. The summed E-state index contributed by atoms with van der Waals surface area (Å²) in [5, 5.41) is 7.04. The van der Waals surface area contributed by atoms with E-state index >= 15 is 0 Å². The zero-order valence-corrected chi connectivity index (χ0v) is 24.2. The van der Waals surface area contributed by atoms with Crippen molar-refractivity contribution in [1.29, 1.82) is 0 Å². The average molecular weight is 574 g/mol. The molecule has 0 spiro atoms. The van der Waals surface area contributed by atoms with Crippen LogP contribution in [0.5, 0.6) is 11.5 Å². The molecular formula is C30H32ClN7O3. The van der Waals surface area contributed by atoms with E-state index < -0.39 is 0 Å². The average Bonchev–Trinajstić information content (AvgIpc) is 2.94. The summed E-state index contributed by atoms with van der Waals surface area (Å²) in [4.78, 5) is 31.6. The lowest BCUT2D eigenvalue weighted by molar-refractivity contribution is 0.102. The van der Waals surface area contributed by atoms with E-state index in [1.54, 1.807) is 43.8 Å². The Labute approximate surface area is 244 Å². The van der Waals surface area contributed by atoms with E-state index in [4.69, 9.17) is 27.5 Å². The van der Waals surface area contributed by atoms with Gasteiger partial charge in [0.15, 0.2) is 11.5 Å². The number of hydrogen-bond donors (Lipinski definition) is 2. The number of aromatic nitrogens is 4. The third kappa shape index (κ3) is 8.19. The number of halogens is 1. The lowest BCUT2D eigenvalue weighted by atomic mass is 9.96. The molecule has 0 radical (unpaired) electrons. The first kappa shape index (κ1) is 29.4. The maximum atomic E-state index is 12.4. The van der Waals surface area contributed by atoms with Crippen LogP contribution in [0.2, 0.25) is 5.02 Å². The van der Waals surface area contributed by atoms with Crippen LogP contribution in [0.1, 0.15) is 37.6 Å². The molecule has 0 saturated heterocycles. The van der Waals surface area contributed by atoms with Gasteiger partial charge in [0.1, 0.15) is 12.1 Å². The number of terminal acetylenes is 1. The van der Waals surface area contributed by atoms with Crippen LogP contribution in [0.3, 0.4) is 0 Å². The van der Waals surface area contributed by atoms with Gasteiger partial charge in [-0.25, -0.2) is 19.9 Å². The number of carbonyl (C=O) groups excluding carboxylic acids is 1. The maximum Gasteiger partial charge on any atom is 0.258 e. The highest BCUT2D eigenvalue weighted by atomic mass is 35.5. The number of hydrogen-bond acceptors (Lipinski definition) is 9. The zero-order valence-electron chi connectivity index (χ0n) is 23.4. The van der Waals surface area contributed by atoms with Crippen LogP contribution < -0.4 is 20.1 Å².